The number of carbonyl (C=O) groups excluding carboxylic acids is 1. The van der Waals surface area contributed by atoms with Gasteiger partial charge in [-0.2, -0.15) is 0 Å². The number of fused-ring (bicyclic) bond motifs is 1. The lowest BCUT2D eigenvalue weighted by atomic mass is 10.1. The topological polar surface area (TPSA) is 85.8 Å². The molecule has 1 aliphatic heterocycles. The van der Waals surface area contributed by atoms with Crippen molar-refractivity contribution in [3.63, 3.8) is 0 Å². The molecular weight excluding hydrogens is 460 g/mol. The summed E-state index contributed by atoms with van der Waals surface area (Å²) in [5.74, 6) is -0.605. The normalized spacial score (nSPS) is 14.6. The highest BCUT2D eigenvalue weighted by atomic mass is 79.9. The number of rotatable bonds is 5. The number of anilines is 2. The summed E-state index contributed by atoms with van der Waals surface area (Å²) >= 11 is 3.35. The van der Waals surface area contributed by atoms with Crippen LogP contribution in [0.3, 0.4) is 0 Å². The number of benzene rings is 2. The van der Waals surface area contributed by atoms with Crippen molar-refractivity contribution in [1.82, 2.24) is 9.88 Å². The molecule has 8 heteroatoms. The molecule has 1 aliphatic rings. The molecule has 2 N–H and O–H groups in total. The van der Waals surface area contributed by atoms with Gasteiger partial charge in [-0.3, -0.25) is 4.79 Å². The predicted molar refractivity (Wildman–Crippen MR) is 125 cm³/mol. The average Bonchev–Trinajstić information content (AvgIpc) is 2.78. The van der Waals surface area contributed by atoms with Gasteiger partial charge < -0.3 is 20.2 Å². The maximum atomic E-state index is 12.5. The molecule has 0 bridgehead atoms. The summed E-state index contributed by atoms with van der Waals surface area (Å²) in [4.78, 5) is 33.7. The first-order valence-electron chi connectivity index (χ1n) is 10.2. The van der Waals surface area contributed by atoms with Crippen LogP contribution in [0.25, 0.3) is 10.9 Å². The zero-order valence-electron chi connectivity index (χ0n) is 17.1. The van der Waals surface area contributed by atoms with E-state index < -0.39 is 5.97 Å². The standard InChI is InChI=1S/C23H23BrN4O3/c1-2-27-9-11-28(12-10-27)21-14-19(23(30)31)18-13-17(7-8-20(18)26-21)25-22(29)15-3-5-16(24)6-4-15/h3-8,13-14H,2,9-12H2,1H3,(H,25,29)(H,30,31). The van der Waals surface area contributed by atoms with Crippen LogP contribution < -0.4 is 10.2 Å². The Labute approximate surface area is 188 Å². The summed E-state index contributed by atoms with van der Waals surface area (Å²) in [5, 5.41) is 13.1. The maximum Gasteiger partial charge on any atom is 0.336 e. The fourth-order valence-electron chi connectivity index (χ4n) is 3.73. The first kappa shape index (κ1) is 21.3. The third-order valence-corrected chi connectivity index (χ3v) is 6.06. The summed E-state index contributed by atoms with van der Waals surface area (Å²) in [6.45, 7) is 6.63. The van der Waals surface area contributed by atoms with Gasteiger partial charge in [-0.1, -0.05) is 22.9 Å². The van der Waals surface area contributed by atoms with Crippen molar-refractivity contribution in [2.45, 2.75) is 6.92 Å². The van der Waals surface area contributed by atoms with Crippen molar-refractivity contribution in [1.29, 1.82) is 0 Å². The molecule has 1 fully saturated rings. The molecule has 2 aromatic carbocycles. The quantitative estimate of drug-likeness (QED) is 0.569. The second-order valence-corrected chi connectivity index (χ2v) is 8.36. The largest absolute Gasteiger partial charge is 0.478 e. The first-order valence-corrected chi connectivity index (χ1v) is 11.0. The third-order valence-electron chi connectivity index (χ3n) is 5.53. The van der Waals surface area contributed by atoms with Gasteiger partial charge in [-0.15, -0.1) is 0 Å². The summed E-state index contributed by atoms with van der Waals surface area (Å²) in [6, 6.07) is 13.8. The molecule has 0 atom stereocenters. The van der Waals surface area contributed by atoms with Gasteiger partial charge in [-0.25, -0.2) is 9.78 Å². The van der Waals surface area contributed by atoms with Gasteiger partial charge >= 0.3 is 5.97 Å². The highest BCUT2D eigenvalue weighted by Gasteiger charge is 2.20. The van der Waals surface area contributed by atoms with E-state index in [9.17, 15) is 14.7 Å². The second kappa shape index (κ2) is 9.03. The van der Waals surface area contributed by atoms with Crippen LogP contribution in [-0.2, 0) is 0 Å². The van der Waals surface area contributed by atoms with E-state index in [0.29, 0.717) is 28.0 Å². The Morgan fingerprint density at radius 2 is 1.77 bits per heavy atom. The zero-order chi connectivity index (χ0) is 22.0. The van der Waals surface area contributed by atoms with E-state index in [0.717, 1.165) is 37.2 Å². The van der Waals surface area contributed by atoms with E-state index in [1.807, 2.05) is 0 Å². The second-order valence-electron chi connectivity index (χ2n) is 7.45. The van der Waals surface area contributed by atoms with E-state index in [4.69, 9.17) is 4.98 Å². The molecule has 1 aromatic heterocycles. The Kier molecular flexibility index (Phi) is 6.20. The van der Waals surface area contributed by atoms with Crippen molar-refractivity contribution in [3.05, 3.63) is 64.1 Å². The SMILES string of the molecule is CCN1CCN(c2cc(C(=O)O)c3cc(NC(=O)c4ccc(Br)cc4)ccc3n2)CC1. The molecule has 160 valence electrons. The fraction of sp³-hybridized carbons (Fsp3) is 0.261. The van der Waals surface area contributed by atoms with Gasteiger partial charge in [0.2, 0.25) is 0 Å². The number of nitrogens with one attached hydrogen (secondary N) is 1. The van der Waals surface area contributed by atoms with Gasteiger partial charge in [0.05, 0.1) is 11.1 Å². The predicted octanol–water partition coefficient (Wildman–Crippen LogP) is 4.09. The van der Waals surface area contributed by atoms with E-state index >= 15 is 0 Å². The molecule has 3 aromatic rings. The lowest BCUT2D eigenvalue weighted by Gasteiger charge is -2.35. The number of carboxylic acids is 1. The number of likely N-dealkylation sites (N-methyl/N-ethyl adjacent to an activating group) is 1. The van der Waals surface area contributed by atoms with Gasteiger partial charge in [0, 0.05) is 47.3 Å². The van der Waals surface area contributed by atoms with Crippen molar-refractivity contribution in [2.24, 2.45) is 0 Å². The van der Waals surface area contributed by atoms with Gasteiger partial charge in [0.25, 0.3) is 5.91 Å². The van der Waals surface area contributed by atoms with Crippen LogP contribution in [0.4, 0.5) is 11.5 Å². The molecule has 1 amide bonds. The number of nitrogens with zero attached hydrogens (tertiary/aromatic N) is 3. The van der Waals surface area contributed by atoms with Crippen molar-refractivity contribution in [2.75, 3.05) is 42.9 Å². The van der Waals surface area contributed by atoms with Crippen LogP contribution in [0.1, 0.15) is 27.6 Å². The number of halogens is 1. The molecule has 4 rings (SSSR count). The Morgan fingerprint density at radius 1 is 1.06 bits per heavy atom. The van der Waals surface area contributed by atoms with Crippen molar-refractivity contribution >= 4 is 50.2 Å². The van der Waals surface area contributed by atoms with E-state index in [2.05, 4.69) is 38.0 Å². The molecular formula is C23H23BrN4O3. The zero-order valence-corrected chi connectivity index (χ0v) is 18.7. The molecule has 1 saturated heterocycles. The number of aromatic carboxylic acids is 1. The molecule has 0 radical (unpaired) electrons. The summed E-state index contributed by atoms with van der Waals surface area (Å²) in [6.07, 6.45) is 0. The Bertz CT molecular complexity index is 1130. The Morgan fingerprint density at radius 3 is 2.42 bits per heavy atom. The van der Waals surface area contributed by atoms with Gasteiger partial charge in [-0.05, 0) is 55.1 Å². The molecule has 0 spiro atoms. The van der Waals surface area contributed by atoms with Crippen LogP contribution >= 0.6 is 15.9 Å². The number of amides is 1. The summed E-state index contributed by atoms with van der Waals surface area (Å²) in [5.41, 5.74) is 1.81. The summed E-state index contributed by atoms with van der Waals surface area (Å²) < 4.78 is 0.888. The molecule has 7 nitrogen and oxygen atoms in total. The number of piperazine rings is 1. The smallest absolute Gasteiger partial charge is 0.336 e. The lowest BCUT2D eigenvalue weighted by Crippen LogP contribution is -2.46. The Hall–Kier alpha value is -2.97. The number of hydrogen-bond acceptors (Lipinski definition) is 5. The van der Waals surface area contributed by atoms with Crippen LogP contribution in [0, 0.1) is 0 Å². The maximum absolute atomic E-state index is 12.5. The fourth-order valence-corrected chi connectivity index (χ4v) is 3.99. The average molecular weight is 483 g/mol. The van der Waals surface area contributed by atoms with E-state index in [1.165, 1.54) is 0 Å². The van der Waals surface area contributed by atoms with Crippen molar-refractivity contribution < 1.29 is 14.7 Å². The number of carboxylic acid groups (broad SMARTS) is 1. The summed E-state index contributed by atoms with van der Waals surface area (Å²) in [7, 11) is 0. The number of pyridine rings is 1. The first-order chi connectivity index (χ1) is 14.9. The molecule has 31 heavy (non-hydrogen) atoms. The monoisotopic (exact) mass is 482 g/mol. The van der Waals surface area contributed by atoms with E-state index in [-0.39, 0.29) is 11.5 Å². The highest BCUT2D eigenvalue weighted by Crippen LogP contribution is 2.27. The molecule has 0 aliphatic carbocycles. The van der Waals surface area contributed by atoms with Crippen LogP contribution in [-0.4, -0.2) is 59.6 Å². The molecule has 0 unspecified atom stereocenters. The molecule has 2 heterocycles. The van der Waals surface area contributed by atoms with Gasteiger partial charge in [0.1, 0.15) is 5.82 Å². The van der Waals surface area contributed by atoms with Crippen LogP contribution in [0.15, 0.2) is 53.0 Å². The van der Waals surface area contributed by atoms with Crippen molar-refractivity contribution in [3.8, 4) is 0 Å². The molecule has 0 saturated carbocycles. The van der Waals surface area contributed by atoms with Crippen LogP contribution in [0.5, 0.6) is 0 Å². The van der Waals surface area contributed by atoms with Gasteiger partial charge in [0.15, 0.2) is 0 Å². The Balaban J connectivity index is 1.63. The van der Waals surface area contributed by atoms with Crippen LogP contribution in [0.2, 0.25) is 0 Å². The minimum Gasteiger partial charge on any atom is -0.478 e. The highest BCUT2D eigenvalue weighted by molar-refractivity contribution is 9.10. The number of hydrogen-bond donors (Lipinski definition) is 2. The third kappa shape index (κ3) is 4.70. The minimum absolute atomic E-state index is 0.178. The minimum atomic E-state index is -1.02. The number of aromatic nitrogens is 1. The number of carbonyl (C=O) groups is 2. The van der Waals surface area contributed by atoms with E-state index in [1.54, 1.807) is 48.5 Å². The lowest BCUT2D eigenvalue weighted by molar-refractivity contribution is 0.0698.